The van der Waals surface area contributed by atoms with Crippen LogP contribution in [0.15, 0.2) is 35.4 Å². The van der Waals surface area contributed by atoms with E-state index in [1.807, 2.05) is 15.9 Å². The van der Waals surface area contributed by atoms with Gasteiger partial charge in [-0.05, 0) is 25.0 Å². The van der Waals surface area contributed by atoms with Gasteiger partial charge in [0, 0.05) is 38.4 Å². The van der Waals surface area contributed by atoms with Gasteiger partial charge >= 0.3 is 5.97 Å². The van der Waals surface area contributed by atoms with Crippen molar-refractivity contribution in [2.24, 2.45) is 5.92 Å². The van der Waals surface area contributed by atoms with E-state index < -0.39 is 11.9 Å². The molecule has 1 N–H and O–H groups in total. The number of hydrogen-bond acceptors (Lipinski definition) is 6. The predicted octanol–water partition coefficient (Wildman–Crippen LogP) is 0.731. The van der Waals surface area contributed by atoms with Crippen molar-refractivity contribution >= 4 is 11.8 Å². The van der Waals surface area contributed by atoms with Gasteiger partial charge in [-0.25, -0.2) is 9.18 Å². The van der Waals surface area contributed by atoms with Crippen LogP contribution in [0.5, 0.6) is 0 Å². The minimum absolute atomic E-state index is 0.0127. The molecule has 0 radical (unpaired) electrons. The molecule has 0 bridgehead atoms. The summed E-state index contributed by atoms with van der Waals surface area (Å²) in [5, 5.41) is 3.26. The zero-order chi connectivity index (χ0) is 17.6. The van der Waals surface area contributed by atoms with E-state index in [1.165, 1.54) is 13.2 Å². The second-order valence-electron chi connectivity index (χ2n) is 6.90. The van der Waals surface area contributed by atoms with Crippen molar-refractivity contribution in [1.29, 1.82) is 0 Å². The highest BCUT2D eigenvalue weighted by atomic mass is 19.1. The zero-order valence-electron chi connectivity index (χ0n) is 14.2. The Bertz CT molecular complexity index is 690. The standard InChI is InChI=1S/C18H22FN3O3/c1-25-18(24)13-10-22(11-2-3-11)15-9-16(21-6-4-20-5-7-21)14(19)8-12(15)17(13)23/h8-12,15,20H,2-7H2,1H3. The van der Waals surface area contributed by atoms with Gasteiger partial charge in [-0.1, -0.05) is 0 Å². The number of allylic oxidation sites excluding steroid dienone is 1. The van der Waals surface area contributed by atoms with Gasteiger partial charge in [0.1, 0.15) is 11.4 Å². The molecule has 4 rings (SSSR count). The first-order valence-electron chi connectivity index (χ1n) is 8.77. The average Bonchev–Trinajstić information content (AvgIpc) is 3.47. The van der Waals surface area contributed by atoms with Crippen molar-refractivity contribution in [3.8, 4) is 0 Å². The van der Waals surface area contributed by atoms with Crippen LogP contribution in [-0.4, -0.2) is 66.9 Å². The van der Waals surface area contributed by atoms with Gasteiger partial charge in [0.2, 0.25) is 0 Å². The molecule has 4 aliphatic rings. The number of carbonyl (C=O) groups excluding carboxylic acids is 2. The summed E-state index contributed by atoms with van der Waals surface area (Å²) in [6, 6.07) is 0.0631. The summed E-state index contributed by atoms with van der Waals surface area (Å²) < 4.78 is 19.5. The topological polar surface area (TPSA) is 61.9 Å². The lowest BCUT2D eigenvalue weighted by atomic mass is 9.82. The number of ether oxygens (including phenoxy) is 1. The fourth-order valence-electron chi connectivity index (χ4n) is 3.81. The lowest BCUT2D eigenvalue weighted by Gasteiger charge is -2.41. The summed E-state index contributed by atoms with van der Waals surface area (Å²) in [6.45, 7) is 3.11. The number of carbonyl (C=O) groups is 2. The van der Waals surface area contributed by atoms with Crippen LogP contribution in [0, 0.1) is 5.92 Å². The molecule has 2 aliphatic carbocycles. The maximum absolute atomic E-state index is 14.8. The number of Topliss-reactive ketones (excluding diaryl/α,β-unsaturated/α-hetero) is 1. The van der Waals surface area contributed by atoms with Gasteiger partial charge in [-0.2, -0.15) is 0 Å². The molecule has 0 aromatic heterocycles. The van der Waals surface area contributed by atoms with Crippen molar-refractivity contribution in [2.75, 3.05) is 33.3 Å². The van der Waals surface area contributed by atoms with E-state index in [4.69, 9.17) is 4.74 Å². The molecule has 0 aromatic carbocycles. The summed E-state index contributed by atoms with van der Waals surface area (Å²) in [7, 11) is 1.25. The summed E-state index contributed by atoms with van der Waals surface area (Å²) in [5.74, 6) is -2.07. The van der Waals surface area contributed by atoms with Crippen molar-refractivity contribution in [3.63, 3.8) is 0 Å². The second kappa shape index (κ2) is 6.29. The number of methoxy groups -OCH3 is 1. The third-order valence-electron chi connectivity index (χ3n) is 5.29. The zero-order valence-corrected chi connectivity index (χ0v) is 14.2. The van der Waals surface area contributed by atoms with Gasteiger partial charge in [0.05, 0.1) is 24.8 Å². The number of nitrogens with zero attached hydrogens (tertiary/aromatic N) is 2. The molecule has 6 nitrogen and oxygen atoms in total. The highest BCUT2D eigenvalue weighted by Crippen LogP contribution is 2.40. The smallest absolute Gasteiger partial charge is 0.343 e. The molecule has 0 spiro atoms. The summed E-state index contributed by atoms with van der Waals surface area (Å²) in [5.41, 5.74) is 0.579. The number of esters is 1. The van der Waals surface area contributed by atoms with Crippen LogP contribution in [0.4, 0.5) is 4.39 Å². The molecule has 0 amide bonds. The largest absolute Gasteiger partial charge is 0.465 e. The van der Waals surface area contributed by atoms with E-state index >= 15 is 0 Å². The molecule has 25 heavy (non-hydrogen) atoms. The van der Waals surface area contributed by atoms with Crippen LogP contribution in [0.2, 0.25) is 0 Å². The normalized spacial score (nSPS) is 29.5. The molecule has 1 saturated carbocycles. The van der Waals surface area contributed by atoms with Gasteiger partial charge < -0.3 is 19.9 Å². The minimum Gasteiger partial charge on any atom is -0.465 e. The van der Waals surface area contributed by atoms with Crippen molar-refractivity contribution in [3.05, 3.63) is 35.4 Å². The third kappa shape index (κ3) is 2.86. The first-order valence-corrected chi connectivity index (χ1v) is 8.77. The summed E-state index contributed by atoms with van der Waals surface area (Å²) in [4.78, 5) is 28.7. The highest BCUT2D eigenvalue weighted by Gasteiger charge is 2.45. The Morgan fingerprint density at radius 3 is 2.64 bits per heavy atom. The maximum atomic E-state index is 14.8. The van der Waals surface area contributed by atoms with Crippen LogP contribution in [0.1, 0.15) is 12.8 Å². The number of halogens is 1. The van der Waals surface area contributed by atoms with E-state index in [2.05, 4.69) is 5.32 Å². The van der Waals surface area contributed by atoms with Gasteiger partial charge in [0.15, 0.2) is 5.78 Å². The number of piperazine rings is 1. The van der Waals surface area contributed by atoms with Crippen molar-refractivity contribution in [1.82, 2.24) is 15.1 Å². The number of rotatable bonds is 3. The number of fused-ring (bicyclic) bond motifs is 1. The molecule has 2 aliphatic heterocycles. The monoisotopic (exact) mass is 347 g/mol. The van der Waals surface area contributed by atoms with E-state index in [0.717, 1.165) is 39.0 Å². The van der Waals surface area contributed by atoms with E-state index in [1.54, 1.807) is 6.20 Å². The quantitative estimate of drug-likeness (QED) is 0.600. The molecule has 134 valence electrons. The van der Waals surface area contributed by atoms with Crippen LogP contribution in [0.3, 0.4) is 0 Å². The first kappa shape index (κ1) is 16.3. The van der Waals surface area contributed by atoms with E-state index in [0.29, 0.717) is 11.7 Å². The van der Waals surface area contributed by atoms with Crippen LogP contribution in [0.25, 0.3) is 0 Å². The Kier molecular flexibility index (Phi) is 4.11. The fraction of sp³-hybridized carbons (Fsp3) is 0.556. The SMILES string of the molecule is COC(=O)C1=CN(C2CC2)C2C=C(N3CCNCC3)C(F)=CC2C1=O. The molecule has 1 saturated heterocycles. The van der Waals surface area contributed by atoms with E-state index in [9.17, 15) is 14.0 Å². The summed E-state index contributed by atoms with van der Waals surface area (Å²) >= 11 is 0. The van der Waals surface area contributed by atoms with Crippen LogP contribution >= 0.6 is 0 Å². The fourth-order valence-corrected chi connectivity index (χ4v) is 3.81. The average molecular weight is 347 g/mol. The second-order valence-corrected chi connectivity index (χ2v) is 6.90. The lowest BCUT2D eigenvalue weighted by Crippen LogP contribution is -2.49. The Balaban J connectivity index is 1.70. The molecule has 2 heterocycles. The molecule has 2 fully saturated rings. The van der Waals surface area contributed by atoms with Crippen LogP contribution < -0.4 is 5.32 Å². The van der Waals surface area contributed by atoms with Gasteiger partial charge in [-0.3, -0.25) is 4.79 Å². The van der Waals surface area contributed by atoms with Crippen LogP contribution in [-0.2, 0) is 14.3 Å². The van der Waals surface area contributed by atoms with Crippen molar-refractivity contribution in [2.45, 2.75) is 24.9 Å². The molecule has 2 atom stereocenters. The minimum atomic E-state index is -0.675. The molecular formula is C18H22FN3O3. The van der Waals surface area contributed by atoms with E-state index in [-0.39, 0.29) is 23.2 Å². The Hall–Kier alpha value is -2.15. The summed E-state index contributed by atoms with van der Waals surface area (Å²) in [6.07, 6.45) is 6.91. The number of nitrogens with one attached hydrogen (secondary N) is 1. The number of ketones is 1. The number of hydrogen-bond donors (Lipinski definition) is 1. The van der Waals surface area contributed by atoms with Gasteiger partial charge in [0.25, 0.3) is 0 Å². The first-order chi connectivity index (χ1) is 12.1. The Morgan fingerprint density at radius 2 is 2.00 bits per heavy atom. The molecule has 0 aromatic rings. The van der Waals surface area contributed by atoms with Crippen molar-refractivity contribution < 1.29 is 18.7 Å². The highest BCUT2D eigenvalue weighted by molar-refractivity contribution is 6.19. The Labute approximate surface area is 146 Å². The lowest BCUT2D eigenvalue weighted by molar-refractivity contribution is -0.139. The van der Waals surface area contributed by atoms with Gasteiger partial charge in [-0.15, -0.1) is 0 Å². The Morgan fingerprint density at radius 1 is 1.28 bits per heavy atom. The molecular weight excluding hydrogens is 325 g/mol. The predicted molar refractivity (Wildman–Crippen MR) is 89.0 cm³/mol. The third-order valence-corrected chi connectivity index (χ3v) is 5.29. The molecule has 7 heteroatoms. The maximum Gasteiger partial charge on any atom is 0.343 e. The molecule has 2 unspecified atom stereocenters.